The SMILES string of the molecule is BrCc1ccc(Br)cc1CBr.OCc1ccc(Br)cc1CO.[B]=NS. The molecule has 9 heteroatoms. The van der Waals surface area contributed by atoms with Crippen molar-refractivity contribution in [2.75, 3.05) is 0 Å². The molecule has 25 heavy (non-hydrogen) atoms. The van der Waals surface area contributed by atoms with Crippen LogP contribution in [0.1, 0.15) is 22.3 Å². The maximum atomic E-state index is 8.84. The Morgan fingerprint density at radius 1 is 0.800 bits per heavy atom. The summed E-state index contributed by atoms with van der Waals surface area (Å²) in [6.45, 7) is -0.0570. The van der Waals surface area contributed by atoms with Crippen LogP contribution in [0.5, 0.6) is 0 Å². The fourth-order valence-corrected chi connectivity index (χ4v) is 3.63. The molecule has 0 fully saturated rings. The number of aliphatic hydroxyl groups is 2. The summed E-state index contributed by atoms with van der Waals surface area (Å²) in [5, 5.41) is 19.5. The predicted octanol–water partition coefficient (Wildman–Crippen LogP) is 5.86. The molecule has 2 aromatic carbocycles. The van der Waals surface area contributed by atoms with Crippen molar-refractivity contribution in [3.63, 3.8) is 0 Å². The van der Waals surface area contributed by atoms with Gasteiger partial charge >= 0.3 is 24.8 Å². The second-order valence-corrected chi connectivity index (χ2v) is 7.71. The average molecular weight is 618 g/mol. The van der Waals surface area contributed by atoms with Gasteiger partial charge in [-0.3, -0.25) is 0 Å². The Kier molecular flexibility index (Phi) is 15.9. The Labute approximate surface area is 188 Å². The van der Waals surface area contributed by atoms with Gasteiger partial charge in [-0.25, -0.2) is 0 Å². The van der Waals surface area contributed by atoms with Gasteiger partial charge in [0.15, 0.2) is 0 Å². The molecule has 0 heterocycles. The molecule has 2 aromatic rings. The van der Waals surface area contributed by atoms with Crippen LogP contribution in [0.25, 0.3) is 0 Å². The van der Waals surface area contributed by atoms with E-state index in [0.717, 1.165) is 30.7 Å². The third kappa shape index (κ3) is 10.4. The van der Waals surface area contributed by atoms with Crippen LogP contribution in [0.2, 0.25) is 0 Å². The van der Waals surface area contributed by atoms with Gasteiger partial charge < -0.3 is 10.2 Å². The number of rotatable bonds is 4. The molecule has 1 radical (unpaired) electrons. The molecule has 0 atom stereocenters. The van der Waals surface area contributed by atoms with Crippen molar-refractivity contribution in [3.05, 3.63) is 67.6 Å². The minimum atomic E-state index is -0.0324. The summed E-state index contributed by atoms with van der Waals surface area (Å²) in [7, 11) is 4.34. The number of hydrogen-bond acceptors (Lipinski definition) is 4. The van der Waals surface area contributed by atoms with E-state index >= 15 is 0 Å². The van der Waals surface area contributed by atoms with Gasteiger partial charge in [0.25, 0.3) is 0 Å². The van der Waals surface area contributed by atoms with Crippen LogP contribution in [0, 0.1) is 0 Å². The average Bonchev–Trinajstić information content (AvgIpc) is 2.62. The van der Waals surface area contributed by atoms with E-state index in [2.05, 4.69) is 107 Å². The second-order valence-electron chi connectivity index (χ2n) is 4.53. The Morgan fingerprint density at radius 2 is 1.20 bits per heavy atom. The van der Waals surface area contributed by atoms with E-state index in [4.69, 9.17) is 10.2 Å². The monoisotopic (exact) mass is 614 g/mol. The maximum absolute atomic E-state index is 8.84. The zero-order valence-corrected chi connectivity index (χ0v) is 20.4. The van der Waals surface area contributed by atoms with Crippen LogP contribution >= 0.6 is 76.5 Å². The van der Waals surface area contributed by atoms with E-state index in [1.54, 1.807) is 12.1 Å². The number of nitrogens with zero attached hydrogens (tertiary/aromatic N) is 1. The van der Waals surface area contributed by atoms with Crippen molar-refractivity contribution in [1.82, 2.24) is 0 Å². The molecular formula is C16H17BBr4NO2S. The molecule has 0 aliphatic carbocycles. The molecule has 0 saturated carbocycles. The minimum absolute atomic E-state index is 0.0246. The van der Waals surface area contributed by atoms with Gasteiger partial charge in [-0.1, -0.05) is 75.9 Å². The van der Waals surface area contributed by atoms with Gasteiger partial charge in [-0.05, 0) is 46.5 Å². The molecule has 3 nitrogen and oxygen atoms in total. The first-order valence-corrected chi connectivity index (χ1v) is 11.1. The zero-order valence-electron chi connectivity index (χ0n) is 13.2. The summed E-state index contributed by atoms with van der Waals surface area (Å²) >= 11 is 16.8. The topological polar surface area (TPSA) is 52.8 Å². The van der Waals surface area contributed by atoms with Crippen LogP contribution in [0.4, 0.5) is 0 Å². The molecule has 0 amide bonds. The number of thiol groups is 1. The number of benzene rings is 2. The normalized spacial score (nSPS) is 9.36. The van der Waals surface area contributed by atoms with Gasteiger partial charge in [0.1, 0.15) is 0 Å². The van der Waals surface area contributed by atoms with Crippen molar-refractivity contribution in [2.24, 2.45) is 4.30 Å². The summed E-state index contributed by atoms with van der Waals surface area (Å²) in [6, 6.07) is 11.7. The summed E-state index contributed by atoms with van der Waals surface area (Å²) in [6.07, 6.45) is 0. The summed E-state index contributed by atoms with van der Waals surface area (Å²) < 4.78 is 4.75. The number of alkyl halides is 2. The fraction of sp³-hybridized carbons (Fsp3) is 0.250. The van der Waals surface area contributed by atoms with E-state index in [0.29, 0.717) is 0 Å². The summed E-state index contributed by atoms with van der Waals surface area (Å²) in [5.41, 5.74) is 4.21. The Hall–Kier alpha value is 0.495. The van der Waals surface area contributed by atoms with E-state index in [9.17, 15) is 0 Å². The Bertz CT molecular complexity index is 609. The van der Waals surface area contributed by atoms with Crippen molar-refractivity contribution in [2.45, 2.75) is 23.9 Å². The van der Waals surface area contributed by atoms with Crippen LogP contribution in [-0.4, -0.2) is 17.9 Å². The molecule has 0 spiro atoms. The second kappa shape index (κ2) is 15.5. The molecule has 0 aliphatic rings. The van der Waals surface area contributed by atoms with Crippen LogP contribution in [0.3, 0.4) is 0 Å². The first-order valence-electron chi connectivity index (χ1n) is 6.89. The number of aliphatic hydroxyl groups excluding tert-OH is 2. The Morgan fingerprint density at radius 3 is 1.60 bits per heavy atom. The Balaban J connectivity index is 0.000000399. The molecule has 2 rings (SSSR count). The van der Waals surface area contributed by atoms with Gasteiger partial charge in [0, 0.05) is 19.6 Å². The van der Waals surface area contributed by atoms with Gasteiger partial charge in [0.2, 0.25) is 0 Å². The van der Waals surface area contributed by atoms with Crippen molar-refractivity contribution >= 4 is 84.2 Å². The molecule has 0 aliphatic heterocycles. The number of hydrogen-bond donors (Lipinski definition) is 3. The van der Waals surface area contributed by atoms with Crippen LogP contribution in [0.15, 0.2) is 49.6 Å². The van der Waals surface area contributed by atoms with Crippen molar-refractivity contribution in [1.29, 1.82) is 0 Å². The molecule has 0 saturated heterocycles. The van der Waals surface area contributed by atoms with Gasteiger partial charge in [-0.2, -0.15) is 0 Å². The zero-order chi connectivity index (χ0) is 19.2. The molecular weight excluding hydrogens is 601 g/mol. The molecule has 135 valence electrons. The predicted molar refractivity (Wildman–Crippen MR) is 123 cm³/mol. The van der Waals surface area contributed by atoms with E-state index in [1.807, 2.05) is 6.07 Å². The molecule has 0 unspecified atom stereocenters. The van der Waals surface area contributed by atoms with E-state index < -0.39 is 0 Å². The first-order chi connectivity index (χ1) is 12.0. The van der Waals surface area contributed by atoms with Gasteiger partial charge in [-0.15, -0.1) is 0 Å². The molecule has 0 aromatic heterocycles. The summed E-state index contributed by atoms with van der Waals surface area (Å²) in [5.74, 6) is 0. The van der Waals surface area contributed by atoms with Crippen molar-refractivity contribution in [3.8, 4) is 0 Å². The first kappa shape index (κ1) is 25.5. The van der Waals surface area contributed by atoms with E-state index in [-0.39, 0.29) is 13.2 Å². The molecule has 2 N–H and O–H groups in total. The third-order valence-electron chi connectivity index (χ3n) is 2.97. The summed E-state index contributed by atoms with van der Waals surface area (Å²) in [4.78, 5) is 0. The van der Waals surface area contributed by atoms with Gasteiger partial charge in [0.05, 0.1) is 13.2 Å². The quantitative estimate of drug-likeness (QED) is 0.229. The fourth-order valence-electron chi connectivity index (χ4n) is 1.75. The van der Waals surface area contributed by atoms with Crippen LogP contribution in [-0.2, 0) is 23.9 Å². The molecule has 0 bridgehead atoms. The van der Waals surface area contributed by atoms with Crippen molar-refractivity contribution < 1.29 is 10.2 Å². The van der Waals surface area contributed by atoms with E-state index in [1.165, 1.54) is 11.1 Å². The van der Waals surface area contributed by atoms with Crippen LogP contribution < -0.4 is 0 Å². The standard InChI is InChI=1S/C8H7Br3.C8H9BrO2.BHNS/c9-4-6-1-2-8(11)3-7(6)5-10;9-8-2-1-6(4-10)7(3-8)5-11;1-2-3/h1-3H,4-5H2;1-3,10-11H,4-5H2;3H. The number of halogens is 4. The third-order valence-corrected chi connectivity index (χ3v) is 5.16.